The summed E-state index contributed by atoms with van der Waals surface area (Å²) in [7, 11) is -4.33. The molecular formula is C23H27F3N2O3S. The number of benzene rings is 2. The fourth-order valence-corrected chi connectivity index (χ4v) is 5.67. The van der Waals surface area contributed by atoms with E-state index in [4.69, 9.17) is 0 Å². The molecule has 0 aliphatic carbocycles. The van der Waals surface area contributed by atoms with Crippen LogP contribution >= 0.6 is 0 Å². The Balaban J connectivity index is 1.73. The van der Waals surface area contributed by atoms with E-state index in [1.165, 1.54) is 6.07 Å². The van der Waals surface area contributed by atoms with Crippen molar-refractivity contribution in [2.45, 2.75) is 50.6 Å². The van der Waals surface area contributed by atoms with E-state index >= 15 is 0 Å². The van der Waals surface area contributed by atoms with Crippen LogP contribution in [-0.2, 0) is 21.0 Å². The number of nitrogens with zero attached hydrogens (tertiary/aromatic N) is 1. The van der Waals surface area contributed by atoms with E-state index in [2.05, 4.69) is 5.32 Å². The number of hydrogen-bond donors (Lipinski definition) is 1. The van der Waals surface area contributed by atoms with Gasteiger partial charge in [-0.15, -0.1) is 0 Å². The first-order chi connectivity index (χ1) is 14.9. The van der Waals surface area contributed by atoms with Crippen LogP contribution in [0.4, 0.5) is 18.9 Å². The van der Waals surface area contributed by atoms with E-state index in [9.17, 15) is 26.4 Å². The van der Waals surface area contributed by atoms with Crippen molar-refractivity contribution in [3.63, 3.8) is 0 Å². The largest absolute Gasteiger partial charge is 0.417 e. The van der Waals surface area contributed by atoms with Crippen LogP contribution in [0, 0.1) is 12.8 Å². The molecule has 9 heteroatoms. The molecule has 0 aromatic heterocycles. The second-order valence-electron chi connectivity index (χ2n) is 8.36. The van der Waals surface area contributed by atoms with Crippen LogP contribution in [-0.4, -0.2) is 31.7 Å². The van der Waals surface area contributed by atoms with Crippen molar-refractivity contribution in [2.75, 3.05) is 18.4 Å². The number of carbonyl (C=O) groups excluding carboxylic acids is 1. The highest BCUT2D eigenvalue weighted by Gasteiger charge is 2.40. The molecule has 0 unspecified atom stereocenters. The minimum Gasteiger partial charge on any atom is -0.325 e. The molecule has 0 saturated carbocycles. The Morgan fingerprint density at radius 1 is 1.06 bits per heavy atom. The summed E-state index contributed by atoms with van der Waals surface area (Å²) in [4.78, 5) is 12.1. The van der Waals surface area contributed by atoms with E-state index in [1.807, 2.05) is 39.0 Å². The van der Waals surface area contributed by atoms with Gasteiger partial charge in [0.05, 0.1) is 10.5 Å². The van der Waals surface area contributed by atoms with Crippen molar-refractivity contribution >= 4 is 21.6 Å². The summed E-state index contributed by atoms with van der Waals surface area (Å²) in [5.74, 6) is -0.404. The zero-order chi connectivity index (χ0) is 23.7. The third kappa shape index (κ3) is 4.99. The highest BCUT2D eigenvalue weighted by molar-refractivity contribution is 7.89. The number of halogens is 3. The molecule has 1 fully saturated rings. The quantitative estimate of drug-likeness (QED) is 0.658. The Hall–Kier alpha value is -2.39. The van der Waals surface area contributed by atoms with Crippen LogP contribution in [0.1, 0.15) is 49.3 Å². The average Bonchev–Trinajstić information content (AvgIpc) is 2.74. The fraction of sp³-hybridized carbons (Fsp3) is 0.435. The van der Waals surface area contributed by atoms with Crippen LogP contribution in [0.3, 0.4) is 0 Å². The monoisotopic (exact) mass is 468 g/mol. The van der Waals surface area contributed by atoms with Crippen molar-refractivity contribution in [1.29, 1.82) is 0 Å². The highest BCUT2D eigenvalue weighted by Crippen LogP contribution is 2.36. The van der Waals surface area contributed by atoms with Crippen molar-refractivity contribution in [2.24, 2.45) is 5.92 Å². The molecule has 0 bridgehead atoms. The Bertz CT molecular complexity index is 1090. The summed E-state index contributed by atoms with van der Waals surface area (Å²) in [5.41, 5.74) is 1.54. The normalized spacial score (nSPS) is 16.3. The van der Waals surface area contributed by atoms with E-state index in [1.54, 1.807) is 0 Å². The molecule has 1 aliphatic rings. The molecule has 0 spiro atoms. The standard InChI is InChI=1S/C23H27F3N2O3S/c1-15(2)18-8-6-7-16(3)21(18)27-22(29)17-11-13-28(14-12-17)32(30,31)20-10-5-4-9-19(20)23(24,25)26/h4-10,15,17H,11-14H2,1-3H3,(H,27,29). The Labute approximate surface area is 186 Å². The van der Waals surface area contributed by atoms with E-state index < -0.39 is 32.6 Å². The SMILES string of the molecule is Cc1cccc(C(C)C)c1NC(=O)C1CCN(S(=O)(=O)c2ccccc2C(F)(F)F)CC1. The average molecular weight is 469 g/mol. The number of anilines is 1. The number of hydrogen-bond acceptors (Lipinski definition) is 3. The van der Waals surface area contributed by atoms with Gasteiger partial charge in [-0.2, -0.15) is 17.5 Å². The number of piperidine rings is 1. The van der Waals surface area contributed by atoms with Crippen molar-refractivity contribution in [3.8, 4) is 0 Å². The van der Waals surface area contributed by atoms with Crippen LogP contribution < -0.4 is 5.32 Å². The predicted octanol–water partition coefficient (Wildman–Crippen LogP) is 5.18. The summed E-state index contributed by atoms with van der Waals surface area (Å²) in [6.07, 6.45) is -4.30. The van der Waals surface area contributed by atoms with Crippen molar-refractivity contribution in [1.82, 2.24) is 4.31 Å². The number of rotatable bonds is 5. The Morgan fingerprint density at radius 3 is 2.28 bits per heavy atom. The van der Waals surface area contributed by atoms with Gasteiger partial charge >= 0.3 is 6.18 Å². The number of aryl methyl sites for hydroxylation is 1. The molecule has 0 atom stereocenters. The summed E-state index contributed by atoms with van der Waals surface area (Å²) in [5, 5.41) is 2.99. The van der Waals surface area contributed by atoms with Gasteiger partial charge in [-0.3, -0.25) is 4.79 Å². The van der Waals surface area contributed by atoms with Crippen molar-refractivity contribution < 1.29 is 26.4 Å². The molecule has 1 heterocycles. The molecule has 3 rings (SSSR count). The fourth-order valence-electron chi connectivity index (χ4n) is 3.99. The highest BCUT2D eigenvalue weighted by atomic mass is 32.2. The van der Waals surface area contributed by atoms with E-state index in [-0.39, 0.29) is 37.8 Å². The summed E-state index contributed by atoms with van der Waals surface area (Å²) in [6.45, 7) is 5.95. The molecule has 1 amide bonds. The molecule has 2 aromatic carbocycles. The third-order valence-electron chi connectivity index (χ3n) is 5.81. The van der Waals surface area contributed by atoms with Crippen LogP contribution in [0.2, 0.25) is 0 Å². The molecule has 174 valence electrons. The second-order valence-corrected chi connectivity index (χ2v) is 10.3. The minimum atomic E-state index is -4.77. The first-order valence-corrected chi connectivity index (χ1v) is 11.9. The number of alkyl halides is 3. The van der Waals surface area contributed by atoms with Gasteiger partial charge < -0.3 is 5.32 Å². The Morgan fingerprint density at radius 2 is 1.69 bits per heavy atom. The van der Waals surface area contributed by atoms with Gasteiger partial charge in [0.25, 0.3) is 0 Å². The predicted molar refractivity (Wildman–Crippen MR) is 117 cm³/mol. The molecule has 1 N–H and O–H groups in total. The maximum atomic E-state index is 13.3. The summed E-state index contributed by atoms with van der Waals surface area (Å²) >= 11 is 0. The maximum Gasteiger partial charge on any atom is 0.417 e. The lowest BCUT2D eigenvalue weighted by atomic mass is 9.95. The van der Waals surface area contributed by atoms with Gasteiger partial charge in [0.1, 0.15) is 0 Å². The number of amides is 1. The molecule has 0 radical (unpaired) electrons. The first kappa shape index (κ1) is 24.3. The molecule has 32 heavy (non-hydrogen) atoms. The zero-order valence-electron chi connectivity index (χ0n) is 18.2. The first-order valence-electron chi connectivity index (χ1n) is 10.5. The number of para-hydroxylation sites is 1. The molecule has 1 aliphatic heterocycles. The van der Waals surface area contributed by atoms with E-state index in [0.717, 1.165) is 39.3 Å². The van der Waals surface area contributed by atoms with Gasteiger partial charge in [0.2, 0.25) is 15.9 Å². The van der Waals surface area contributed by atoms with Gasteiger partial charge in [0, 0.05) is 24.7 Å². The lowest BCUT2D eigenvalue weighted by Crippen LogP contribution is -2.42. The third-order valence-corrected chi connectivity index (χ3v) is 7.77. The number of nitrogens with one attached hydrogen (secondary N) is 1. The van der Waals surface area contributed by atoms with Gasteiger partial charge in [-0.1, -0.05) is 44.2 Å². The lowest BCUT2D eigenvalue weighted by molar-refractivity contribution is -0.139. The summed E-state index contributed by atoms with van der Waals surface area (Å²) < 4.78 is 66.8. The van der Waals surface area contributed by atoms with Crippen LogP contribution in [0.15, 0.2) is 47.4 Å². The molecular weight excluding hydrogens is 441 g/mol. The topological polar surface area (TPSA) is 66.5 Å². The molecule has 2 aromatic rings. The number of sulfonamides is 1. The van der Waals surface area contributed by atoms with Crippen molar-refractivity contribution in [3.05, 3.63) is 59.2 Å². The Kier molecular flexibility index (Phi) is 7.00. The van der Waals surface area contributed by atoms with Gasteiger partial charge in [-0.05, 0) is 48.9 Å². The van der Waals surface area contributed by atoms with Crippen LogP contribution in [0.5, 0.6) is 0 Å². The van der Waals surface area contributed by atoms with Gasteiger partial charge in [0.15, 0.2) is 0 Å². The van der Waals surface area contributed by atoms with Crippen LogP contribution in [0.25, 0.3) is 0 Å². The molecule has 5 nitrogen and oxygen atoms in total. The summed E-state index contributed by atoms with van der Waals surface area (Å²) in [6, 6.07) is 9.98. The number of carbonyl (C=O) groups is 1. The minimum absolute atomic E-state index is 0.0164. The van der Waals surface area contributed by atoms with E-state index in [0.29, 0.717) is 0 Å². The lowest BCUT2D eigenvalue weighted by Gasteiger charge is -2.31. The molecule has 1 saturated heterocycles. The zero-order valence-corrected chi connectivity index (χ0v) is 19.1. The van der Waals surface area contributed by atoms with Gasteiger partial charge in [-0.25, -0.2) is 8.42 Å². The maximum absolute atomic E-state index is 13.3. The second kappa shape index (κ2) is 9.23. The smallest absolute Gasteiger partial charge is 0.325 e.